The number of fused-ring (bicyclic) bond motifs is 1. The predicted molar refractivity (Wildman–Crippen MR) is 117 cm³/mol. The molecule has 1 aromatic heterocycles. The second kappa shape index (κ2) is 8.67. The summed E-state index contributed by atoms with van der Waals surface area (Å²) in [6.45, 7) is 0.287. The Hall–Kier alpha value is -3.31. The highest BCUT2D eigenvalue weighted by molar-refractivity contribution is 7.94. The maximum Gasteiger partial charge on any atom is 0.314 e. The van der Waals surface area contributed by atoms with Crippen molar-refractivity contribution in [3.8, 4) is 0 Å². The zero-order valence-electron chi connectivity index (χ0n) is 16.5. The molecule has 166 valence electrons. The lowest BCUT2D eigenvalue weighted by Gasteiger charge is -2.30. The summed E-state index contributed by atoms with van der Waals surface area (Å²) in [6, 6.07) is 10.5. The Morgan fingerprint density at radius 1 is 1.00 bits per heavy atom. The van der Waals surface area contributed by atoms with E-state index in [4.69, 9.17) is 0 Å². The average molecular weight is 478 g/mol. The Kier molecular flexibility index (Phi) is 5.94. The van der Waals surface area contributed by atoms with E-state index in [1.807, 2.05) is 0 Å². The number of benzene rings is 2. The van der Waals surface area contributed by atoms with Gasteiger partial charge in [0, 0.05) is 18.3 Å². The Morgan fingerprint density at radius 3 is 2.50 bits per heavy atom. The molecule has 1 aliphatic rings. The molecule has 1 aliphatic heterocycles. The van der Waals surface area contributed by atoms with E-state index in [-0.39, 0.29) is 22.1 Å². The fourth-order valence-corrected chi connectivity index (χ4v) is 5.98. The van der Waals surface area contributed by atoms with Crippen LogP contribution in [-0.2, 0) is 26.0 Å². The maximum absolute atomic E-state index is 13.7. The van der Waals surface area contributed by atoms with E-state index in [0.717, 1.165) is 29.0 Å². The van der Waals surface area contributed by atoms with Gasteiger partial charge in [-0.1, -0.05) is 12.1 Å². The van der Waals surface area contributed by atoms with Crippen molar-refractivity contribution < 1.29 is 26.8 Å². The first kappa shape index (κ1) is 21.9. The van der Waals surface area contributed by atoms with E-state index in [9.17, 15) is 26.8 Å². The number of carbonyl (C=O) groups excluding carboxylic acids is 2. The minimum absolute atomic E-state index is 0.205. The summed E-state index contributed by atoms with van der Waals surface area (Å²) in [4.78, 5) is 24.4. The lowest BCUT2D eigenvalue weighted by molar-refractivity contribution is -0.133. The molecule has 7 nitrogen and oxygen atoms in total. The molecule has 2 aromatic carbocycles. The highest BCUT2D eigenvalue weighted by Gasteiger charge is 2.30. The van der Waals surface area contributed by atoms with E-state index < -0.39 is 33.5 Å². The maximum atomic E-state index is 13.7. The van der Waals surface area contributed by atoms with Crippen LogP contribution in [0.3, 0.4) is 0 Å². The number of amides is 2. The minimum Gasteiger partial charge on any atom is -0.318 e. The first-order chi connectivity index (χ1) is 15.3. The molecule has 11 heteroatoms. The summed E-state index contributed by atoms with van der Waals surface area (Å²) in [7, 11) is -3.76. The molecule has 0 spiro atoms. The fourth-order valence-electron chi connectivity index (χ4n) is 3.35. The van der Waals surface area contributed by atoms with Crippen LogP contribution in [0.4, 0.5) is 25.8 Å². The number of nitrogens with zero attached hydrogens (tertiary/aromatic N) is 1. The van der Waals surface area contributed by atoms with Crippen LogP contribution in [0.15, 0.2) is 58.1 Å². The van der Waals surface area contributed by atoms with Gasteiger partial charge in [-0.25, -0.2) is 17.2 Å². The van der Waals surface area contributed by atoms with Gasteiger partial charge in [-0.15, -0.1) is 11.3 Å². The van der Waals surface area contributed by atoms with E-state index in [2.05, 4.69) is 10.6 Å². The summed E-state index contributed by atoms with van der Waals surface area (Å²) in [5.41, 5.74) is 1.08. The third kappa shape index (κ3) is 4.34. The highest BCUT2D eigenvalue weighted by Crippen LogP contribution is 2.35. The lowest BCUT2D eigenvalue weighted by Crippen LogP contribution is -2.35. The van der Waals surface area contributed by atoms with Crippen LogP contribution in [0.2, 0.25) is 0 Å². The molecule has 3 aromatic rings. The summed E-state index contributed by atoms with van der Waals surface area (Å²) in [5.74, 6) is -4.08. The average Bonchev–Trinajstić information content (AvgIpc) is 3.31. The van der Waals surface area contributed by atoms with Crippen molar-refractivity contribution in [1.29, 1.82) is 0 Å². The van der Waals surface area contributed by atoms with Gasteiger partial charge in [-0.2, -0.15) is 0 Å². The molecule has 2 amide bonds. The molecule has 0 aliphatic carbocycles. The third-order valence-corrected chi connectivity index (χ3v) is 8.03. The first-order valence-electron chi connectivity index (χ1n) is 9.52. The Morgan fingerprint density at radius 2 is 1.78 bits per heavy atom. The molecule has 0 radical (unpaired) electrons. The SMILES string of the molecule is O=C(Nc1ccc2c(c1)N(S(=O)(=O)c1cccs1)CCC2)C(=O)Nc1ccc(F)cc1F. The summed E-state index contributed by atoms with van der Waals surface area (Å²) < 4.78 is 54.3. The molecule has 2 N–H and O–H groups in total. The van der Waals surface area contributed by atoms with Gasteiger partial charge in [0.1, 0.15) is 15.8 Å². The molecule has 0 bridgehead atoms. The zero-order chi connectivity index (χ0) is 22.9. The van der Waals surface area contributed by atoms with Crippen molar-refractivity contribution >= 4 is 50.2 Å². The zero-order valence-corrected chi connectivity index (χ0v) is 18.1. The number of halogens is 2. The van der Waals surface area contributed by atoms with Crippen LogP contribution < -0.4 is 14.9 Å². The van der Waals surface area contributed by atoms with Gasteiger partial charge in [-0.3, -0.25) is 13.9 Å². The molecule has 4 rings (SSSR count). The molecule has 0 saturated heterocycles. The van der Waals surface area contributed by atoms with Crippen LogP contribution in [-0.4, -0.2) is 26.8 Å². The standard InChI is InChI=1S/C21H17F2N3O4S2/c22-14-6-8-17(16(23)11-14)25-21(28)20(27)24-15-7-5-13-3-1-9-26(18(13)12-15)32(29,30)19-4-2-10-31-19/h2,4-8,10-12H,1,3,9H2,(H,24,27)(H,25,28). The van der Waals surface area contributed by atoms with Crippen LogP contribution in [0.25, 0.3) is 0 Å². The number of aryl methyl sites for hydroxylation is 1. The number of hydrogen-bond donors (Lipinski definition) is 2. The van der Waals surface area contributed by atoms with Crippen molar-refractivity contribution in [2.24, 2.45) is 0 Å². The van der Waals surface area contributed by atoms with Crippen LogP contribution in [0, 0.1) is 11.6 Å². The van der Waals surface area contributed by atoms with Crippen molar-refractivity contribution in [2.45, 2.75) is 17.1 Å². The smallest absolute Gasteiger partial charge is 0.314 e. The van der Waals surface area contributed by atoms with Gasteiger partial charge in [0.2, 0.25) is 0 Å². The monoisotopic (exact) mass is 477 g/mol. The van der Waals surface area contributed by atoms with Gasteiger partial charge in [0.15, 0.2) is 0 Å². The minimum atomic E-state index is -3.76. The topological polar surface area (TPSA) is 95.6 Å². The van der Waals surface area contributed by atoms with Crippen LogP contribution in [0.1, 0.15) is 12.0 Å². The van der Waals surface area contributed by atoms with E-state index in [0.29, 0.717) is 24.6 Å². The Bertz CT molecular complexity index is 1290. The van der Waals surface area contributed by atoms with E-state index in [1.54, 1.807) is 23.6 Å². The Balaban J connectivity index is 1.54. The van der Waals surface area contributed by atoms with E-state index >= 15 is 0 Å². The summed E-state index contributed by atoms with van der Waals surface area (Å²) in [5, 5.41) is 6.13. The van der Waals surface area contributed by atoms with Gasteiger partial charge in [0.05, 0.1) is 11.4 Å². The number of thiophene rings is 1. The summed E-state index contributed by atoms with van der Waals surface area (Å²) >= 11 is 1.11. The van der Waals surface area contributed by atoms with Crippen LogP contribution >= 0.6 is 11.3 Å². The van der Waals surface area contributed by atoms with Crippen molar-refractivity contribution in [3.63, 3.8) is 0 Å². The van der Waals surface area contributed by atoms with Gasteiger partial charge < -0.3 is 10.6 Å². The highest BCUT2D eigenvalue weighted by atomic mass is 32.2. The molecule has 0 unspecified atom stereocenters. The second-order valence-corrected chi connectivity index (χ2v) is 10.0. The number of rotatable bonds is 4. The Labute approximate surface area is 186 Å². The molecule has 0 saturated carbocycles. The lowest BCUT2D eigenvalue weighted by atomic mass is 10.0. The number of anilines is 3. The number of sulfonamides is 1. The largest absolute Gasteiger partial charge is 0.318 e. The van der Waals surface area contributed by atoms with Gasteiger partial charge in [0.25, 0.3) is 10.0 Å². The molecule has 2 heterocycles. The molecule has 32 heavy (non-hydrogen) atoms. The molecule has 0 atom stereocenters. The molecule has 0 fully saturated rings. The van der Waals surface area contributed by atoms with Crippen molar-refractivity contribution in [3.05, 3.63) is 71.1 Å². The number of nitrogens with one attached hydrogen (secondary N) is 2. The van der Waals surface area contributed by atoms with Crippen LogP contribution in [0.5, 0.6) is 0 Å². The summed E-state index contributed by atoms with van der Waals surface area (Å²) in [6.07, 6.45) is 1.32. The van der Waals surface area contributed by atoms with E-state index in [1.165, 1.54) is 16.4 Å². The van der Waals surface area contributed by atoms with Gasteiger partial charge >= 0.3 is 11.8 Å². The third-order valence-electron chi connectivity index (χ3n) is 4.84. The fraction of sp³-hybridized carbons (Fsp3) is 0.143. The quantitative estimate of drug-likeness (QED) is 0.560. The number of carbonyl (C=O) groups is 2. The second-order valence-electron chi connectivity index (χ2n) is 6.99. The normalized spacial score (nSPS) is 13.4. The van der Waals surface area contributed by atoms with Gasteiger partial charge in [-0.05, 0) is 54.1 Å². The first-order valence-corrected chi connectivity index (χ1v) is 11.8. The van der Waals surface area contributed by atoms with Crippen molar-refractivity contribution in [2.75, 3.05) is 21.5 Å². The molecular formula is C21H17F2N3O4S2. The molecular weight excluding hydrogens is 460 g/mol. The number of hydrogen-bond acceptors (Lipinski definition) is 5. The predicted octanol–water partition coefficient (Wildman–Crippen LogP) is 3.75. The van der Waals surface area contributed by atoms with Crippen molar-refractivity contribution in [1.82, 2.24) is 0 Å².